The number of hydrogen-bond donors (Lipinski definition) is 3. The van der Waals surface area contributed by atoms with Gasteiger partial charge >= 0.3 is 6.03 Å². The Hall–Kier alpha value is -3.72. The molecule has 2 bridgehead atoms. The van der Waals surface area contributed by atoms with E-state index in [9.17, 15) is 14.4 Å². The summed E-state index contributed by atoms with van der Waals surface area (Å²) in [6, 6.07) is 8.67. The third-order valence-electron chi connectivity index (χ3n) is 6.83. The summed E-state index contributed by atoms with van der Waals surface area (Å²) in [5.41, 5.74) is 3.83. The summed E-state index contributed by atoms with van der Waals surface area (Å²) in [5.74, 6) is -0.748. The molecular weight excluding hydrogens is 461 g/mol. The number of carbonyl (C=O) groups is 2. The highest BCUT2D eigenvalue weighted by Gasteiger charge is 2.44. The van der Waals surface area contributed by atoms with E-state index in [1.807, 2.05) is 6.07 Å². The second kappa shape index (κ2) is 7.66. The molecule has 2 aromatic carbocycles. The van der Waals surface area contributed by atoms with Crippen molar-refractivity contribution in [3.8, 4) is 11.1 Å². The van der Waals surface area contributed by atoms with Gasteiger partial charge < -0.3 is 15.5 Å². The van der Waals surface area contributed by atoms with Crippen LogP contribution in [0.25, 0.3) is 11.1 Å². The lowest BCUT2D eigenvalue weighted by molar-refractivity contribution is 0.0965. The SMILES string of the molecule is O=C1NCc2cc(-c3cc(F)c(NC(=O)N4[C@H]5CC[C@@H]4c4n[nH]c(=O)cc4C5)cc3Cl)ccc21. The Labute approximate surface area is 198 Å². The summed E-state index contributed by atoms with van der Waals surface area (Å²) in [7, 11) is 0. The number of anilines is 1. The Morgan fingerprint density at radius 2 is 1.97 bits per heavy atom. The Kier molecular flexibility index (Phi) is 4.70. The lowest BCUT2D eigenvalue weighted by Crippen LogP contribution is -2.45. The predicted octanol–water partition coefficient (Wildman–Crippen LogP) is 3.77. The summed E-state index contributed by atoms with van der Waals surface area (Å²) < 4.78 is 15.1. The van der Waals surface area contributed by atoms with Crippen LogP contribution in [-0.4, -0.2) is 33.1 Å². The van der Waals surface area contributed by atoms with Gasteiger partial charge in [-0.15, -0.1) is 0 Å². The van der Waals surface area contributed by atoms with Crippen LogP contribution in [0, 0.1) is 5.82 Å². The number of rotatable bonds is 2. The third kappa shape index (κ3) is 3.27. The number of carbonyl (C=O) groups excluding carboxylic acids is 2. The van der Waals surface area contributed by atoms with E-state index in [1.54, 1.807) is 17.0 Å². The van der Waals surface area contributed by atoms with Gasteiger partial charge in [0.25, 0.3) is 11.5 Å². The van der Waals surface area contributed by atoms with E-state index in [4.69, 9.17) is 11.6 Å². The second-order valence-corrected chi connectivity index (χ2v) is 9.20. The molecule has 1 fully saturated rings. The Balaban J connectivity index is 1.27. The van der Waals surface area contributed by atoms with E-state index in [-0.39, 0.29) is 34.3 Å². The average molecular weight is 480 g/mol. The molecule has 3 amide bonds. The molecule has 0 radical (unpaired) electrons. The van der Waals surface area contributed by atoms with Crippen molar-refractivity contribution < 1.29 is 14.0 Å². The van der Waals surface area contributed by atoms with Crippen molar-refractivity contribution in [1.29, 1.82) is 0 Å². The van der Waals surface area contributed by atoms with Crippen LogP contribution in [0.1, 0.15) is 46.1 Å². The molecule has 6 rings (SSSR count). The fraction of sp³-hybridized carbons (Fsp3) is 0.250. The summed E-state index contributed by atoms with van der Waals surface area (Å²) in [4.78, 5) is 38.2. The van der Waals surface area contributed by atoms with Crippen molar-refractivity contribution in [3.05, 3.63) is 80.0 Å². The van der Waals surface area contributed by atoms with Crippen LogP contribution in [-0.2, 0) is 13.0 Å². The molecule has 3 aliphatic heterocycles. The van der Waals surface area contributed by atoms with E-state index in [2.05, 4.69) is 20.8 Å². The zero-order valence-electron chi connectivity index (χ0n) is 17.8. The van der Waals surface area contributed by atoms with Crippen LogP contribution in [0.4, 0.5) is 14.9 Å². The minimum atomic E-state index is -0.616. The number of nitrogens with zero attached hydrogens (tertiary/aromatic N) is 2. The Morgan fingerprint density at radius 1 is 1.12 bits per heavy atom. The second-order valence-electron chi connectivity index (χ2n) is 8.80. The number of halogens is 2. The van der Waals surface area contributed by atoms with E-state index < -0.39 is 11.8 Å². The van der Waals surface area contributed by atoms with Gasteiger partial charge in [-0.1, -0.05) is 17.7 Å². The highest BCUT2D eigenvalue weighted by atomic mass is 35.5. The van der Waals surface area contributed by atoms with Crippen LogP contribution in [0.3, 0.4) is 0 Å². The molecule has 4 heterocycles. The van der Waals surface area contributed by atoms with Crippen LogP contribution >= 0.6 is 11.6 Å². The number of hydrogen-bond acceptors (Lipinski definition) is 4. The van der Waals surface area contributed by atoms with Crippen molar-refractivity contribution in [2.45, 2.75) is 37.9 Å². The zero-order chi connectivity index (χ0) is 23.6. The van der Waals surface area contributed by atoms with Crippen molar-refractivity contribution in [2.75, 3.05) is 5.32 Å². The molecule has 0 aliphatic carbocycles. The summed E-state index contributed by atoms with van der Waals surface area (Å²) in [5, 5.41) is 12.3. The van der Waals surface area contributed by atoms with Gasteiger partial charge in [-0.05, 0) is 60.2 Å². The number of aromatic amines is 1. The van der Waals surface area contributed by atoms with Crippen LogP contribution in [0.15, 0.2) is 41.2 Å². The molecule has 2 atom stereocenters. The summed E-state index contributed by atoms with van der Waals surface area (Å²) in [6.07, 6.45) is 2.04. The molecule has 0 saturated carbocycles. The normalized spacial score (nSPS) is 20.1. The lowest BCUT2D eigenvalue weighted by Gasteiger charge is -2.35. The fourth-order valence-electron chi connectivity index (χ4n) is 5.26. The first-order valence-corrected chi connectivity index (χ1v) is 11.3. The molecule has 3 aliphatic rings. The zero-order valence-corrected chi connectivity index (χ0v) is 18.6. The third-order valence-corrected chi connectivity index (χ3v) is 7.14. The Bertz CT molecular complexity index is 1440. The van der Waals surface area contributed by atoms with Gasteiger partial charge in [0, 0.05) is 29.8 Å². The van der Waals surface area contributed by atoms with Gasteiger partial charge in [-0.3, -0.25) is 9.59 Å². The molecule has 34 heavy (non-hydrogen) atoms. The van der Waals surface area contributed by atoms with Crippen molar-refractivity contribution >= 4 is 29.2 Å². The molecule has 0 spiro atoms. The minimum Gasteiger partial charge on any atom is -0.348 e. The summed E-state index contributed by atoms with van der Waals surface area (Å²) in [6.45, 7) is 0.417. The van der Waals surface area contributed by atoms with Crippen molar-refractivity contribution in [3.63, 3.8) is 0 Å². The number of fused-ring (bicyclic) bond motifs is 5. The molecule has 8 nitrogen and oxygen atoms in total. The van der Waals surface area contributed by atoms with E-state index in [1.165, 1.54) is 18.2 Å². The van der Waals surface area contributed by atoms with Gasteiger partial charge in [0.15, 0.2) is 0 Å². The van der Waals surface area contributed by atoms with Gasteiger partial charge in [0.2, 0.25) is 0 Å². The summed E-state index contributed by atoms with van der Waals surface area (Å²) >= 11 is 6.48. The molecule has 3 N–H and O–H groups in total. The molecule has 0 unspecified atom stereocenters. The largest absolute Gasteiger partial charge is 0.348 e. The number of aromatic nitrogens is 2. The fourth-order valence-corrected chi connectivity index (χ4v) is 5.53. The van der Waals surface area contributed by atoms with Gasteiger partial charge in [-0.25, -0.2) is 14.3 Å². The lowest BCUT2D eigenvalue weighted by atomic mass is 9.99. The van der Waals surface area contributed by atoms with Gasteiger partial charge in [-0.2, -0.15) is 5.10 Å². The molecule has 1 saturated heterocycles. The van der Waals surface area contributed by atoms with E-state index in [0.717, 1.165) is 24.0 Å². The number of nitrogens with one attached hydrogen (secondary N) is 3. The Morgan fingerprint density at radius 3 is 2.82 bits per heavy atom. The number of H-pyrrole nitrogens is 1. The first-order valence-electron chi connectivity index (χ1n) is 11.0. The maximum absolute atomic E-state index is 15.1. The highest BCUT2D eigenvalue weighted by Crippen LogP contribution is 2.43. The number of urea groups is 1. The number of benzene rings is 2. The van der Waals surface area contributed by atoms with Crippen LogP contribution < -0.4 is 16.2 Å². The highest BCUT2D eigenvalue weighted by molar-refractivity contribution is 6.33. The maximum Gasteiger partial charge on any atom is 0.322 e. The first kappa shape index (κ1) is 20.9. The standard InChI is InChI=1S/C24H19ClFN5O3/c25-17-9-19(18(26)8-16(17)11-1-3-15-13(5-11)10-27-23(15)33)28-24(34)31-14-2-4-20(31)22-12(6-14)7-21(32)29-30-22/h1,3,5,7-9,14,20H,2,4,6,10H2,(H,27,33)(H,28,34)(H,29,32)/t14-,20+/m0/s1. The molecule has 172 valence electrons. The maximum atomic E-state index is 15.1. The average Bonchev–Trinajstić information content (AvgIpc) is 3.34. The van der Waals surface area contributed by atoms with Crippen molar-refractivity contribution in [2.24, 2.45) is 0 Å². The number of amides is 3. The van der Waals surface area contributed by atoms with E-state index in [0.29, 0.717) is 35.3 Å². The predicted molar refractivity (Wildman–Crippen MR) is 123 cm³/mol. The molecule has 1 aromatic heterocycles. The quantitative estimate of drug-likeness (QED) is 0.520. The van der Waals surface area contributed by atoms with Crippen LogP contribution in [0.2, 0.25) is 5.02 Å². The monoisotopic (exact) mass is 479 g/mol. The molecule has 10 heteroatoms. The molecular formula is C24H19ClFN5O3. The van der Waals surface area contributed by atoms with Crippen LogP contribution in [0.5, 0.6) is 0 Å². The van der Waals surface area contributed by atoms with Crippen molar-refractivity contribution in [1.82, 2.24) is 20.4 Å². The molecule has 3 aromatic rings. The van der Waals surface area contributed by atoms with E-state index >= 15 is 4.39 Å². The topological polar surface area (TPSA) is 107 Å². The van der Waals surface area contributed by atoms with Gasteiger partial charge in [0.05, 0.1) is 22.4 Å². The smallest absolute Gasteiger partial charge is 0.322 e. The minimum absolute atomic E-state index is 0.0172. The van der Waals surface area contributed by atoms with Gasteiger partial charge in [0.1, 0.15) is 5.82 Å². The first-order chi connectivity index (χ1) is 16.4.